The van der Waals surface area contributed by atoms with Crippen LogP contribution in [0.4, 0.5) is 0 Å². The van der Waals surface area contributed by atoms with E-state index in [1.165, 1.54) is 4.31 Å². The third-order valence-electron chi connectivity index (χ3n) is 2.08. The summed E-state index contributed by atoms with van der Waals surface area (Å²) in [6.07, 6.45) is 0. The van der Waals surface area contributed by atoms with Crippen LogP contribution in [0.1, 0.15) is 27.7 Å². The van der Waals surface area contributed by atoms with E-state index in [9.17, 15) is 8.42 Å². The van der Waals surface area contributed by atoms with Gasteiger partial charge in [-0.3, -0.25) is 0 Å². The SMILES string of the molecule is CC(C)NCCS(=O)(=O)N(C)C(C)C. The highest BCUT2D eigenvalue weighted by molar-refractivity contribution is 7.89. The molecule has 0 aliphatic rings. The highest BCUT2D eigenvalue weighted by Gasteiger charge is 2.19. The zero-order valence-corrected chi connectivity index (χ0v) is 10.6. The predicted octanol–water partition coefficient (Wildman–Crippen LogP) is 0.654. The molecule has 5 heteroatoms. The van der Waals surface area contributed by atoms with E-state index in [2.05, 4.69) is 5.32 Å². The molecule has 0 saturated heterocycles. The van der Waals surface area contributed by atoms with E-state index in [-0.39, 0.29) is 11.8 Å². The minimum atomic E-state index is -3.08. The van der Waals surface area contributed by atoms with Crippen LogP contribution in [0.15, 0.2) is 0 Å². The summed E-state index contributed by atoms with van der Waals surface area (Å²) >= 11 is 0. The van der Waals surface area contributed by atoms with Gasteiger partial charge in [0.05, 0.1) is 5.75 Å². The van der Waals surface area contributed by atoms with E-state index in [4.69, 9.17) is 0 Å². The summed E-state index contributed by atoms with van der Waals surface area (Å²) in [6, 6.07) is 0.355. The summed E-state index contributed by atoms with van der Waals surface area (Å²) in [5.41, 5.74) is 0. The summed E-state index contributed by atoms with van der Waals surface area (Å²) in [7, 11) is -1.46. The second-order valence-electron chi connectivity index (χ2n) is 4.03. The van der Waals surface area contributed by atoms with Crippen LogP contribution in [0.5, 0.6) is 0 Å². The maximum absolute atomic E-state index is 11.6. The Labute approximate surface area is 87.7 Å². The molecule has 0 bridgehead atoms. The molecule has 0 fully saturated rings. The van der Waals surface area contributed by atoms with Crippen molar-refractivity contribution in [2.45, 2.75) is 39.8 Å². The van der Waals surface area contributed by atoms with Crippen molar-refractivity contribution in [3.05, 3.63) is 0 Å². The highest BCUT2D eigenvalue weighted by atomic mass is 32.2. The fourth-order valence-electron chi connectivity index (χ4n) is 0.942. The van der Waals surface area contributed by atoms with Gasteiger partial charge in [0.25, 0.3) is 0 Å². The number of hydrogen-bond donors (Lipinski definition) is 1. The molecule has 0 aromatic carbocycles. The second-order valence-corrected chi connectivity index (χ2v) is 6.18. The van der Waals surface area contributed by atoms with Gasteiger partial charge in [-0.15, -0.1) is 0 Å². The summed E-state index contributed by atoms with van der Waals surface area (Å²) in [6.45, 7) is 8.25. The first kappa shape index (κ1) is 13.9. The molecule has 4 nitrogen and oxygen atoms in total. The van der Waals surface area contributed by atoms with Gasteiger partial charge in [0.15, 0.2) is 0 Å². The Morgan fingerprint density at radius 1 is 1.21 bits per heavy atom. The Balaban J connectivity index is 4.09. The van der Waals surface area contributed by atoms with Gasteiger partial charge in [0.1, 0.15) is 0 Å². The third kappa shape index (κ3) is 4.93. The lowest BCUT2D eigenvalue weighted by Crippen LogP contribution is -2.38. The van der Waals surface area contributed by atoms with E-state index in [1.54, 1.807) is 7.05 Å². The van der Waals surface area contributed by atoms with Crippen LogP contribution in [-0.2, 0) is 10.0 Å². The third-order valence-corrected chi connectivity index (χ3v) is 4.10. The van der Waals surface area contributed by atoms with Crippen LogP contribution in [-0.4, -0.2) is 44.2 Å². The van der Waals surface area contributed by atoms with Crippen LogP contribution >= 0.6 is 0 Å². The van der Waals surface area contributed by atoms with E-state index >= 15 is 0 Å². The van der Waals surface area contributed by atoms with Crippen LogP contribution in [0.3, 0.4) is 0 Å². The first-order valence-corrected chi connectivity index (χ1v) is 6.57. The molecule has 0 heterocycles. The average molecular weight is 222 g/mol. The maximum Gasteiger partial charge on any atom is 0.215 e. The molecule has 1 N–H and O–H groups in total. The van der Waals surface area contributed by atoms with Gasteiger partial charge in [-0.2, -0.15) is 0 Å². The van der Waals surface area contributed by atoms with Gasteiger partial charge >= 0.3 is 0 Å². The normalized spacial score (nSPS) is 13.1. The number of nitrogens with one attached hydrogen (secondary N) is 1. The van der Waals surface area contributed by atoms with Crippen molar-refractivity contribution >= 4 is 10.0 Å². The maximum atomic E-state index is 11.6. The zero-order valence-electron chi connectivity index (χ0n) is 9.74. The molecule has 0 aliphatic heterocycles. The van der Waals surface area contributed by atoms with Crippen molar-refractivity contribution in [1.82, 2.24) is 9.62 Å². The van der Waals surface area contributed by atoms with Crippen LogP contribution < -0.4 is 5.32 Å². The topological polar surface area (TPSA) is 49.4 Å². The molecule has 0 radical (unpaired) electrons. The molecule has 0 aromatic rings. The summed E-state index contributed by atoms with van der Waals surface area (Å²) in [5.74, 6) is 0.167. The summed E-state index contributed by atoms with van der Waals surface area (Å²) in [4.78, 5) is 0. The quantitative estimate of drug-likeness (QED) is 0.718. The number of hydrogen-bond acceptors (Lipinski definition) is 3. The molecule has 0 amide bonds. The molecule has 0 saturated carbocycles. The van der Waals surface area contributed by atoms with E-state index in [0.717, 1.165) is 0 Å². The van der Waals surface area contributed by atoms with Crippen molar-refractivity contribution in [1.29, 1.82) is 0 Å². The van der Waals surface area contributed by atoms with Crippen LogP contribution in [0, 0.1) is 0 Å². The Hall–Kier alpha value is -0.130. The Morgan fingerprint density at radius 3 is 2.07 bits per heavy atom. The van der Waals surface area contributed by atoms with Crippen molar-refractivity contribution in [3.8, 4) is 0 Å². The van der Waals surface area contributed by atoms with E-state index in [1.807, 2.05) is 27.7 Å². The Bertz CT molecular complexity index is 248. The van der Waals surface area contributed by atoms with Crippen LogP contribution in [0.25, 0.3) is 0 Å². The molecule has 0 aromatic heterocycles. The molecule has 0 spiro atoms. The van der Waals surface area contributed by atoms with Gasteiger partial charge in [0, 0.05) is 25.7 Å². The lowest BCUT2D eigenvalue weighted by molar-refractivity contribution is 0.409. The molecule has 0 rings (SSSR count). The minimum absolute atomic E-state index is 0.0269. The Kier molecular flexibility index (Phi) is 5.63. The van der Waals surface area contributed by atoms with Crippen molar-refractivity contribution in [2.75, 3.05) is 19.3 Å². The zero-order chi connectivity index (χ0) is 11.4. The monoisotopic (exact) mass is 222 g/mol. The molecular weight excluding hydrogens is 200 g/mol. The van der Waals surface area contributed by atoms with Crippen molar-refractivity contribution < 1.29 is 8.42 Å². The lowest BCUT2D eigenvalue weighted by Gasteiger charge is -2.21. The number of sulfonamides is 1. The molecule has 0 unspecified atom stereocenters. The van der Waals surface area contributed by atoms with Gasteiger partial charge in [-0.05, 0) is 13.8 Å². The standard InChI is InChI=1S/C9H22N2O2S/c1-8(2)10-6-7-14(12,13)11(5)9(3)4/h8-10H,6-7H2,1-5H3. The number of rotatable bonds is 6. The van der Waals surface area contributed by atoms with Gasteiger partial charge in [-0.1, -0.05) is 13.8 Å². The van der Waals surface area contributed by atoms with Gasteiger partial charge < -0.3 is 5.32 Å². The fraction of sp³-hybridized carbons (Fsp3) is 1.00. The predicted molar refractivity (Wildman–Crippen MR) is 59.8 cm³/mol. The van der Waals surface area contributed by atoms with Gasteiger partial charge in [-0.25, -0.2) is 12.7 Å². The Morgan fingerprint density at radius 2 is 1.71 bits per heavy atom. The lowest BCUT2D eigenvalue weighted by atomic mass is 10.4. The highest BCUT2D eigenvalue weighted by Crippen LogP contribution is 2.02. The molecular formula is C9H22N2O2S. The molecule has 14 heavy (non-hydrogen) atoms. The largest absolute Gasteiger partial charge is 0.313 e. The molecule has 86 valence electrons. The van der Waals surface area contributed by atoms with E-state index in [0.29, 0.717) is 12.6 Å². The van der Waals surface area contributed by atoms with Crippen LogP contribution in [0.2, 0.25) is 0 Å². The molecule has 0 atom stereocenters. The first-order chi connectivity index (χ1) is 6.27. The smallest absolute Gasteiger partial charge is 0.215 e. The average Bonchev–Trinajstić information content (AvgIpc) is 2.01. The summed E-state index contributed by atoms with van der Waals surface area (Å²) in [5, 5.41) is 3.09. The molecule has 0 aliphatic carbocycles. The second kappa shape index (κ2) is 5.68. The van der Waals surface area contributed by atoms with Crippen molar-refractivity contribution in [2.24, 2.45) is 0 Å². The summed E-state index contributed by atoms with van der Waals surface area (Å²) < 4.78 is 24.7. The van der Waals surface area contributed by atoms with Gasteiger partial charge in [0.2, 0.25) is 10.0 Å². The fourth-order valence-corrected chi connectivity index (χ4v) is 2.25. The first-order valence-electron chi connectivity index (χ1n) is 4.96. The number of nitrogens with zero attached hydrogens (tertiary/aromatic N) is 1. The minimum Gasteiger partial charge on any atom is -0.313 e. The van der Waals surface area contributed by atoms with E-state index < -0.39 is 10.0 Å². The van der Waals surface area contributed by atoms with Crippen molar-refractivity contribution in [3.63, 3.8) is 0 Å².